The van der Waals surface area contributed by atoms with Crippen molar-refractivity contribution in [3.8, 4) is 0 Å². The third-order valence-electron chi connectivity index (χ3n) is 4.60. The highest BCUT2D eigenvalue weighted by Crippen LogP contribution is 2.42. The maximum atomic E-state index is 6.58. The highest BCUT2D eigenvalue weighted by Gasteiger charge is 2.51. The Bertz CT molecular complexity index is 207. The molecule has 0 bridgehead atoms. The zero-order valence-corrected chi connectivity index (χ0v) is 12.7. The fourth-order valence-electron chi connectivity index (χ4n) is 2.32. The van der Waals surface area contributed by atoms with Crippen molar-refractivity contribution in [3.63, 3.8) is 0 Å². The lowest BCUT2D eigenvalue weighted by Gasteiger charge is -2.52. The maximum absolute atomic E-state index is 6.58. The molecule has 1 aliphatic rings. The van der Waals surface area contributed by atoms with Gasteiger partial charge in [-0.15, -0.1) is 0 Å². The van der Waals surface area contributed by atoms with Crippen LogP contribution in [-0.4, -0.2) is 21.0 Å². The normalized spacial score (nSPS) is 28.7. The zero-order chi connectivity index (χ0) is 11.0. The molecule has 0 aromatic heterocycles. The quantitative estimate of drug-likeness (QED) is 0.653. The lowest BCUT2D eigenvalue weighted by atomic mass is 9.94. The Morgan fingerprint density at radius 1 is 1.07 bits per heavy atom. The van der Waals surface area contributed by atoms with Gasteiger partial charge in [0.1, 0.15) is 0 Å². The molecule has 1 aliphatic heterocycles. The van der Waals surface area contributed by atoms with E-state index in [4.69, 9.17) is 4.43 Å². The fraction of sp³-hybridized carbons (Fsp3) is 1.00. The van der Waals surface area contributed by atoms with Crippen LogP contribution in [0.4, 0.5) is 0 Å². The van der Waals surface area contributed by atoms with Crippen molar-refractivity contribution >= 4 is 15.4 Å². The van der Waals surface area contributed by atoms with E-state index in [-0.39, 0.29) is 5.60 Å². The largest absolute Gasteiger partial charge is 0.415 e. The number of rotatable bonds is 2. The molecule has 1 nitrogen and oxygen atoms in total. The summed E-state index contributed by atoms with van der Waals surface area (Å²) >= 11 is 0. The van der Waals surface area contributed by atoms with Crippen molar-refractivity contribution in [3.05, 3.63) is 0 Å². The molecule has 0 aromatic rings. The molecule has 0 unspecified atom stereocenters. The summed E-state index contributed by atoms with van der Waals surface area (Å²) in [5, 5.41) is 0. The summed E-state index contributed by atoms with van der Waals surface area (Å²) in [5.74, 6) is 0. The maximum Gasteiger partial charge on any atom is 0.174 e. The van der Waals surface area contributed by atoms with Gasteiger partial charge in [-0.1, -0.05) is 33.0 Å². The van der Waals surface area contributed by atoms with E-state index in [9.17, 15) is 0 Å². The van der Waals surface area contributed by atoms with Gasteiger partial charge in [0.15, 0.2) is 7.83 Å². The summed E-state index contributed by atoms with van der Waals surface area (Å²) in [6.07, 6.45) is 3.71. The van der Waals surface area contributed by atoms with E-state index < -0.39 is 15.4 Å². The third-order valence-corrected chi connectivity index (χ3v) is 21.1. The molecule has 3 heteroatoms. The highest BCUT2D eigenvalue weighted by atomic mass is 29.3. The van der Waals surface area contributed by atoms with Gasteiger partial charge in [0.2, 0.25) is 0 Å². The highest BCUT2D eigenvalue weighted by molar-refractivity contribution is 7.38. The van der Waals surface area contributed by atoms with Crippen LogP contribution in [0, 0.1) is 0 Å². The van der Waals surface area contributed by atoms with Crippen LogP contribution < -0.4 is 0 Å². The number of hydrogen-bond acceptors (Lipinski definition) is 1. The van der Waals surface area contributed by atoms with Crippen LogP contribution in [0.1, 0.15) is 33.1 Å². The molecule has 1 heterocycles. The Hall–Kier alpha value is 0.394. The molecule has 0 spiro atoms. The third kappa shape index (κ3) is 2.00. The summed E-state index contributed by atoms with van der Waals surface area (Å²) in [6, 6.07) is 1.48. The minimum atomic E-state index is -1.36. The van der Waals surface area contributed by atoms with E-state index >= 15 is 0 Å². The second-order valence-corrected chi connectivity index (χ2v) is 21.1. The van der Waals surface area contributed by atoms with Crippen LogP contribution >= 0.6 is 0 Å². The smallest absolute Gasteiger partial charge is 0.174 e. The molecule has 1 saturated heterocycles. The Labute approximate surface area is 91.2 Å². The van der Waals surface area contributed by atoms with Gasteiger partial charge in [0.25, 0.3) is 0 Å². The van der Waals surface area contributed by atoms with Crippen LogP contribution in [0.15, 0.2) is 0 Å². The van der Waals surface area contributed by atoms with Crippen LogP contribution in [0.5, 0.6) is 0 Å². The van der Waals surface area contributed by atoms with Gasteiger partial charge in [-0.05, 0) is 32.4 Å². The molecule has 0 N–H and O–H groups in total. The van der Waals surface area contributed by atoms with E-state index in [2.05, 4.69) is 40.0 Å². The Morgan fingerprint density at radius 3 is 1.93 bits per heavy atom. The summed E-state index contributed by atoms with van der Waals surface area (Å²) in [6.45, 7) is 14.5. The van der Waals surface area contributed by atoms with Crippen LogP contribution in [0.25, 0.3) is 0 Å². The van der Waals surface area contributed by atoms with Crippen molar-refractivity contribution in [2.75, 3.05) is 0 Å². The van der Waals surface area contributed by atoms with Gasteiger partial charge in [-0.2, -0.15) is 0 Å². The minimum absolute atomic E-state index is 0.248. The van der Waals surface area contributed by atoms with Gasteiger partial charge in [0.05, 0.1) is 13.2 Å². The predicted molar refractivity (Wildman–Crippen MR) is 68.8 cm³/mol. The first kappa shape index (κ1) is 12.5. The molecule has 0 aromatic carbocycles. The standard InChI is InChI=1S/C11H26OSi2/c1-7-11(8-2)9-10-13(3,4)14(5,6)12-11/h7-10H2,1-6H3. The molecule has 1 fully saturated rings. The minimum Gasteiger partial charge on any atom is -0.415 e. The van der Waals surface area contributed by atoms with Gasteiger partial charge >= 0.3 is 0 Å². The van der Waals surface area contributed by atoms with Crippen molar-refractivity contribution in [1.82, 2.24) is 0 Å². The Morgan fingerprint density at radius 2 is 1.57 bits per heavy atom. The average molecular weight is 230 g/mol. The molecule has 0 aliphatic carbocycles. The SMILES string of the molecule is CCC1(CC)CC[Si](C)(C)[Si](C)(C)O1. The van der Waals surface area contributed by atoms with Gasteiger partial charge in [-0.25, -0.2) is 0 Å². The van der Waals surface area contributed by atoms with E-state index in [1.165, 1.54) is 25.3 Å². The first-order valence-electron chi connectivity index (χ1n) is 5.99. The molecule has 14 heavy (non-hydrogen) atoms. The van der Waals surface area contributed by atoms with Crippen LogP contribution in [0.2, 0.25) is 32.2 Å². The summed E-state index contributed by atoms with van der Waals surface area (Å²) in [7, 11) is -2.38. The van der Waals surface area contributed by atoms with Gasteiger partial charge < -0.3 is 4.43 Å². The summed E-state index contributed by atoms with van der Waals surface area (Å²) in [4.78, 5) is 0. The van der Waals surface area contributed by atoms with Crippen molar-refractivity contribution in [2.45, 2.75) is 70.9 Å². The predicted octanol–water partition coefficient (Wildman–Crippen LogP) is 3.96. The lowest BCUT2D eigenvalue weighted by molar-refractivity contribution is 0.0449. The second-order valence-electron chi connectivity index (χ2n) is 5.89. The van der Waals surface area contributed by atoms with Crippen molar-refractivity contribution in [1.29, 1.82) is 0 Å². The summed E-state index contributed by atoms with van der Waals surface area (Å²) < 4.78 is 6.58. The van der Waals surface area contributed by atoms with E-state index in [0.717, 1.165) is 0 Å². The topological polar surface area (TPSA) is 9.23 Å². The number of hydrogen-bond donors (Lipinski definition) is 0. The van der Waals surface area contributed by atoms with Gasteiger partial charge in [-0.3, -0.25) is 0 Å². The molecule has 84 valence electrons. The molecule has 0 atom stereocenters. The Balaban J connectivity index is 2.86. The average Bonchev–Trinajstić information content (AvgIpc) is 2.10. The lowest BCUT2D eigenvalue weighted by Crippen LogP contribution is -2.65. The van der Waals surface area contributed by atoms with Crippen LogP contribution in [0.3, 0.4) is 0 Å². The first-order chi connectivity index (χ1) is 6.29. The molecule has 0 amide bonds. The summed E-state index contributed by atoms with van der Waals surface area (Å²) in [5.41, 5.74) is 0.248. The van der Waals surface area contributed by atoms with Crippen LogP contribution in [-0.2, 0) is 4.43 Å². The van der Waals surface area contributed by atoms with E-state index in [0.29, 0.717) is 0 Å². The first-order valence-corrected chi connectivity index (χ1v) is 13.1. The second kappa shape index (κ2) is 3.76. The fourth-order valence-corrected chi connectivity index (χ4v) is 9.41. The molecular weight excluding hydrogens is 204 g/mol. The molecular formula is C11H26OSi2. The monoisotopic (exact) mass is 230 g/mol. The van der Waals surface area contributed by atoms with Crippen molar-refractivity contribution < 1.29 is 4.43 Å². The van der Waals surface area contributed by atoms with Crippen molar-refractivity contribution in [2.24, 2.45) is 0 Å². The Kier molecular flexibility index (Phi) is 3.35. The van der Waals surface area contributed by atoms with E-state index in [1.807, 2.05) is 0 Å². The molecule has 0 radical (unpaired) electrons. The molecule has 1 rings (SSSR count). The molecule has 0 saturated carbocycles. The van der Waals surface area contributed by atoms with Gasteiger partial charge in [0, 0.05) is 0 Å². The van der Waals surface area contributed by atoms with E-state index in [1.54, 1.807) is 0 Å². The zero-order valence-electron chi connectivity index (χ0n) is 10.7.